The van der Waals surface area contributed by atoms with Gasteiger partial charge >= 0.3 is 11.9 Å². The van der Waals surface area contributed by atoms with Crippen molar-refractivity contribution in [1.82, 2.24) is 0 Å². The molecule has 6 heteroatoms. The molecule has 0 bridgehead atoms. The highest BCUT2D eigenvalue weighted by Crippen LogP contribution is 2.10. The Hall–Kier alpha value is -1.66. The highest BCUT2D eigenvalue weighted by Gasteiger charge is 1.99. The Balaban J connectivity index is 0. The van der Waals surface area contributed by atoms with E-state index in [1.165, 1.54) is 104 Å². The number of hydrogen-bond acceptors (Lipinski definition) is 6. The summed E-state index contributed by atoms with van der Waals surface area (Å²) in [6.45, 7) is 0.658. The normalized spacial score (nSPS) is 11.1. The molecule has 0 heterocycles. The van der Waals surface area contributed by atoms with Crippen molar-refractivity contribution in [3.05, 3.63) is 24.3 Å². The van der Waals surface area contributed by atoms with Gasteiger partial charge in [0.2, 0.25) is 0 Å². The summed E-state index contributed by atoms with van der Waals surface area (Å²) in [6.07, 6.45) is 35.7. The molecule has 40 heavy (non-hydrogen) atoms. The van der Waals surface area contributed by atoms with E-state index >= 15 is 0 Å². The minimum atomic E-state index is -0.0908. The number of aliphatic hydroxyl groups is 2. The zero-order valence-corrected chi connectivity index (χ0v) is 26.2. The predicted octanol–water partition coefficient (Wildman–Crippen LogP) is 8.78. The minimum Gasteiger partial charge on any atom is -0.469 e. The van der Waals surface area contributed by atoms with Crippen molar-refractivity contribution in [1.29, 1.82) is 0 Å². The molecular weight excluding hydrogens is 504 g/mol. The van der Waals surface area contributed by atoms with Crippen LogP contribution < -0.4 is 0 Å². The molecular formula is C34H64O6. The number of rotatable bonds is 28. The van der Waals surface area contributed by atoms with Crippen LogP contribution in [0.25, 0.3) is 0 Å². The van der Waals surface area contributed by atoms with E-state index in [0.717, 1.165) is 51.4 Å². The average Bonchev–Trinajstić information content (AvgIpc) is 2.97. The molecule has 2 N–H and O–H groups in total. The van der Waals surface area contributed by atoms with E-state index in [1.54, 1.807) is 0 Å². The van der Waals surface area contributed by atoms with Crippen molar-refractivity contribution in [2.75, 3.05) is 27.4 Å². The van der Waals surface area contributed by atoms with Gasteiger partial charge in [-0.25, -0.2) is 0 Å². The molecule has 0 unspecified atom stereocenters. The van der Waals surface area contributed by atoms with Crippen LogP contribution >= 0.6 is 0 Å². The largest absolute Gasteiger partial charge is 0.469 e. The third-order valence-corrected chi connectivity index (χ3v) is 6.85. The summed E-state index contributed by atoms with van der Waals surface area (Å²) < 4.78 is 9.21. The summed E-state index contributed by atoms with van der Waals surface area (Å²) in [5.74, 6) is -0.182. The third kappa shape index (κ3) is 38.5. The fourth-order valence-corrected chi connectivity index (χ4v) is 4.25. The Morgan fingerprint density at radius 2 is 0.675 bits per heavy atom. The second-order valence-electron chi connectivity index (χ2n) is 10.6. The zero-order valence-electron chi connectivity index (χ0n) is 26.2. The molecule has 0 aliphatic carbocycles. The van der Waals surface area contributed by atoms with Crippen LogP contribution in [0.15, 0.2) is 24.3 Å². The number of esters is 2. The molecule has 0 fully saturated rings. The standard InChI is InChI=1S/2C17H32O3/c2*1-20-17(19)15-13-11-9-7-5-3-2-4-6-8-10-12-14-16-18/h2*2,4,18H,3,5-16H2,1H3/b4-2+;4-2-. The maximum absolute atomic E-state index is 10.9. The number of unbranched alkanes of at least 4 members (excludes halogenated alkanes) is 18. The Kier molecular flexibility index (Phi) is 37.8. The number of ether oxygens (including phenoxy) is 2. The smallest absolute Gasteiger partial charge is 0.305 e. The van der Waals surface area contributed by atoms with E-state index in [-0.39, 0.29) is 11.9 Å². The van der Waals surface area contributed by atoms with Gasteiger partial charge in [-0.1, -0.05) is 88.5 Å². The average molecular weight is 569 g/mol. The second-order valence-corrected chi connectivity index (χ2v) is 10.6. The molecule has 0 aliphatic rings. The first-order valence-electron chi connectivity index (χ1n) is 16.3. The van der Waals surface area contributed by atoms with Gasteiger partial charge in [-0.2, -0.15) is 0 Å². The summed E-state index contributed by atoms with van der Waals surface area (Å²) >= 11 is 0. The van der Waals surface area contributed by atoms with E-state index < -0.39 is 0 Å². The molecule has 0 rings (SSSR count). The van der Waals surface area contributed by atoms with Crippen LogP contribution in [0.4, 0.5) is 0 Å². The first-order chi connectivity index (χ1) is 19.6. The number of hydrogen-bond donors (Lipinski definition) is 2. The molecule has 0 aromatic carbocycles. The summed E-state index contributed by atoms with van der Waals surface area (Å²) in [4.78, 5) is 21.8. The van der Waals surface area contributed by atoms with Gasteiger partial charge in [0, 0.05) is 26.1 Å². The summed E-state index contributed by atoms with van der Waals surface area (Å²) in [7, 11) is 2.89. The van der Waals surface area contributed by atoms with Crippen molar-refractivity contribution in [3.8, 4) is 0 Å². The molecule has 0 saturated heterocycles. The molecule has 0 aromatic heterocycles. The Labute approximate surface area is 247 Å². The lowest BCUT2D eigenvalue weighted by molar-refractivity contribution is -0.141. The summed E-state index contributed by atoms with van der Waals surface area (Å²) in [6, 6.07) is 0. The molecule has 6 nitrogen and oxygen atoms in total. The van der Waals surface area contributed by atoms with Gasteiger partial charge in [0.25, 0.3) is 0 Å². The van der Waals surface area contributed by atoms with Gasteiger partial charge in [0.05, 0.1) is 14.2 Å². The Bertz CT molecular complexity index is 523. The maximum atomic E-state index is 10.9. The molecule has 0 aromatic rings. The van der Waals surface area contributed by atoms with Crippen molar-refractivity contribution < 1.29 is 29.3 Å². The third-order valence-electron chi connectivity index (χ3n) is 6.85. The maximum Gasteiger partial charge on any atom is 0.305 e. The van der Waals surface area contributed by atoms with Crippen LogP contribution in [0.3, 0.4) is 0 Å². The topological polar surface area (TPSA) is 93.1 Å². The van der Waals surface area contributed by atoms with Gasteiger partial charge in [-0.15, -0.1) is 0 Å². The minimum absolute atomic E-state index is 0.0908. The summed E-state index contributed by atoms with van der Waals surface area (Å²) in [5.41, 5.74) is 0. The van der Waals surface area contributed by atoms with Gasteiger partial charge in [0.15, 0.2) is 0 Å². The quantitative estimate of drug-likeness (QED) is 0.0556. The first kappa shape index (κ1) is 40.5. The monoisotopic (exact) mass is 568 g/mol. The van der Waals surface area contributed by atoms with Gasteiger partial charge < -0.3 is 19.7 Å². The lowest BCUT2D eigenvalue weighted by Crippen LogP contribution is -1.98. The zero-order chi connectivity index (χ0) is 29.8. The fraction of sp³-hybridized carbons (Fsp3) is 0.824. The highest BCUT2D eigenvalue weighted by atomic mass is 16.5. The lowest BCUT2D eigenvalue weighted by Gasteiger charge is -2.00. The van der Waals surface area contributed by atoms with Crippen LogP contribution in [-0.2, 0) is 19.1 Å². The van der Waals surface area contributed by atoms with Crippen LogP contribution in [0, 0.1) is 0 Å². The van der Waals surface area contributed by atoms with Crippen molar-refractivity contribution >= 4 is 11.9 Å². The van der Waals surface area contributed by atoms with Crippen LogP contribution in [-0.4, -0.2) is 49.6 Å². The van der Waals surface area contributed by atoms with E-state index in [9.17, 15) is 9.59 Å². The van der Waals surface area contributed by atoms with Crippen molar-refractivity contribution in [3.63, 3.8) is 0 Å². The molecule has 236 valence electrons. The van der Waals surface area contributed by atoms with Gasteiger partial charge in [0.1, 0.15) is 0 Å². The first-order valence-corrected chi connectivity index (χ1v) is 16.3. The number of allylic oxidation sites excluding steroid dienone is 4. The van der Waals surface area contributed by atoms with E-state index in [1.807, 2.05) is 0 Å². The summed E-state index contributed by atoms with van der Waals surface area (Å²) in [5, 5.41) is 17.3. The van der Waals surface area contributed by atoms with E-state index in [4.69, 9.17) is 10.2 Å². The molecule has 0 amide bonds. The lowest BCUT2D eigenvalue weighted by atomic mass is 10.1. The van der Waals surface area contributed by atoms with Gasteiger partial charge in [-0.05, 0) is 77.0 Å². The molecule has 0 radical (unpaired) electrons. The Morgan fingerprint density at radius 1 is 0.425 bits per heavy atom. The number of carbonyl (C=O) groups is 2. The number of carbonyl (C=O) groups excluding carboxylic acids is 2. The highest BCUT2D eigenvalue weighted by molar-refractivity contribution is 5.69. The van der Waals surface area contributed by atoms with Crippen LogP contribution in [0.2, 0.25) is 0 Å². The molecule has 0 spiro atoms. The Morgan fingerprint density at radius 3 is 0.950 bits per heavy atom. The van der Waals surface area contributed by atoms with E-state index in [0.29, 0.717) is 26.1 Å². The molecule has 0 saturated carbocycles. The molecule has 0 atom stereocenters. The predicted molar refractivity (Wildman–Crippen MR) is 167 cm³/mol. The fourth-order valence-electron chi connectivity index (χ4n) is 4.25. The number of aliphatic hydroxyl groups excluding tert-OH is 2. The van der Waals surface area contributed by atoms with Gasteiger partial charge in [-0.3, -0.25) is 9.59 Å². The van der Waals surface area contributed by atoms with E-state index in [2.05, 4.69) is 33.8 Å². The van der Waals surface area contributed by atoms with Crippen molar-refractivity contribution in [2.45, 2.75) is 154 Å². The van der Waals surface area contributed by atoms with Crippen LogP contribution in [0.1, 0.15) is 154 Å². The van der Waals surface area contributed by atoms with Crippen molar-refractivity contribution in [2.24, 2.45) is 0 Å². The number of methoxy groups -OCH3 is 2. The molecule has 0 aliphatic heterocycles. The second kappa shape index (κ2) is 37.3. The van der Waals surface area contributed by atoms with Crippen LogP contribution in [0.5, 0.6) is 0 Å². The SMILES string of the molecule is COC(=O)CCCCCCC/C=C/CCCCCCO.COC(=O)CCCCCCC/C=C\CCCCCCO.